The van der Waals surface area contributed by atoms with E-state index in [0.29, 0.717) is 19.3 Å². The number of unbranched alkanes of at least 4 members (excludes halogenated alkanes) is 26. The first-order valence-electron chi connectivity index (χ1n) is 32.2. The highest BCUT2D eigenvalue weighted by atomic mass is 31.2. The summed E-state index contributed by atoms with van der Waals surface area (Å²) in [6.45, 7) is 2.56. The van der Waals surface area contributed by atoms with Gasteiger partial charge in [0.2, 0.25) is 0 Å². The number of phosphoric ester groups is 2. The number of phosphoric acid groups is 2. The lowest BCUT2D eigenvalue weighted by molar-refractivity contribution is -0.161. The number of allylic oxidation sites excluding steroid dienone is 12. The Morgan fingerprint density at radius 3 is 0.988 bits per heavy atom. The molecule has 0 rings (SSSR count). The van der Waals surface area contributed by atoms with E-state index in [1.165, 1.54) is 77.0 Å². The lowest BCUT2D eigenvalue weighted by Crippen LogP contribution is -2.30. The molecule has 482 valence electrons. The Bertz CT molecular complexity index is 1820. The van der Waals surface area contributed by atoms with Crippen LogP contribution in [0, 0.1) is 0 Å². The third-order valence-electron chi connectivity index (χ3n) is 13.4. The number of hydrogen-bond acceptors (Lipinski definition) is 14. The van der Waals surface area contributed by atoms with Crippen molar-refractivity contribution in [2.75, 3.05) is 39.6 Å². The van der Waals surface area contributed by atoms with Crippen molar-refractivity contribution in [3.8, 4) is 0 Å². The Kier molecular flexibility index (Phi) is 57.2. The molecule has 4 N–H and O–H groups in total. The Morgan fingerprint density at radius 2 is 0.602 bits per heavy atom. The zero-order chi connectivity index (χ0) is 61.0. The summed E-state index contributed by atoms with van der Waals surface area (Å²) in [7, 11) is -9.77. The van der Waals surface area contributed by atoms with E-state index >= 15 is 0 Å². The maximum Gasteiger partial charge on any atom is 0.472 e. The fraction of sp³-hybridized carbons (Fsp3) is 0.769. The van der Waals surface area contributed by atoms with Crippen LogP contribution in [0.4, 0.5) is 0 Å². The molecule has 0 heterocycles. The summed E-state index contributed by atoms with van der Waals surface area (Å²) in [5, 5.41) is 20.5. The van der Waals surface area contributed by atoms with E-state index in [1.54, 1.807) is 0 Å². The van der Waals surface area contributed by atoms with Gasteiger partial charge in [-0.05, 0) is 116 Å². The first-order valence-corrected chi connectivity index (χ1v) is 35.2. The molecule has 0 aliphatic carbocycles. The Balaban J connectivity index is 4.61. The molecular weight excluding hydrogens is 1100 g/mol. The number of hydrogen-bond donors (Lipinski definition) is 4. The minimum atomic E-state index is -4.92. The molecule has 0 aromatic carbocycles. The summed E-state index contributed by atoms with van der Waals surface area (Å²) in [6.07, 6.45) is 59.6. The van der Waals surface area contributed by atoms with Crippen molar-refractivity contribution >= 4 is 33.6 Å². The minimum absolute atomic E-state index is 0.0941. The molecule has 5 unspecified atom stereocenters. The van der Waals surface area contributed by atoms with Crippen molar-refractivity contribution in [2.24, 2.45) is 0 Å². The first-order chi connectivity index (χ1) is 40.2. The Morgan fingerprint density at radius 1 is 0.337 bits per heavy atom. The highest BCUT2D eigenvalue weighted by molar-refractivity contribution is 7.47. The van der Waals surface area contributed by atoms with Crippen molar-refractivity contribution in [1.29, 1.82) is 0 Å². The number of carbonyl (C=O) groups is 3. The van der Waals surface area contributed by atoms with Gasteiger partial charge < -0.3 is 34.2 Å². The first kappa shape index (κ1) is 80.0. The van der Waals surface area contributed by atoms with E-state index in [-0.39, 0.29) is 19.3 Å². The largest absolute Gasteiger partial charge is 0.472 e. The molecule has 18 heteroatoms. The van der Waals surface area contributed by atoms with Crippen LogP contribution in [-0.2, 0) is 55.8 Å². The van der Waals surface area contributed by atoms with Crippen molar-refractivity contribution in [1.82, 2.24) is 0 Å². The number of rotatable bonds is 61. The van der Waals surface area contributed by atoms with E-state index in [4.69, 9.17) is 32.3 Å². The van der Waals surface area contributed by atoms with E-state index < -0.39 is 91.5 Å². The predicted molar refractivity (Wildman–Crippen MR) is 335 cm³/mol. The molecule has 0 saturated carbocycles. The summed E-state index contributed by atoms with van der Waals surface area (Å²) in [4.78, 5) is 58.1. The van der Waals surface area contributed by atoms with E-state index in [9.17, 15) is 43.5 Å². The third-order valence-corrected chi connectivity index (χ3v) is 15.3. The van der Waals surface area contributed by atoms with Gasteiger partial charge in [0.1, 0.15) is 25.4 Å². The van der Waals surface area contributed by atoms with Gasteiger partial charge in [0, 0.05) is 19.3 Å². The molecule has 0 aromatic rings. The molecule has 0 fully saturated rings. The van der Waals surface area contributed by atoms with Crippen molar-refractivity contribution in [3.63, 3.8) is 0 Å². The van der Waals surface area contributed by atoms with Gasteiger partial charge in [-0.3, -0.25) is 32.5 Å². The number of ether oxygens (including phenoxy) is 3. The molecule has 83 heavy (non-hydrogen) atoms. The standard InChI is InChI=1S/C65H116O16P2/c1-4-7-10-13-16-19-22-25-26-27-28-29-30-31-32-35-37-39-42-45-48-51-63(68)75-54-60(66)55-77-82(71,72)78-56-61(67)57-79-83(73,74)80-59-62(81-65(70)53-50-47-44-41-38-34-24-21-18-15-12-9-6-3)58-76-64(69)52-49-46-43-40-36-33-23-20-17-14-11-8-5-2/h16,19-21,23-26,28-29,31-32,60-62,66-67H,4-15,17-18,22,27,30,33-59H2,1-3H3,(H,71,72)(H,73,74)/b19-16-,23-20-,24-21-,26-25-,29-28-,32-31-. The molecule has 0 aliphatic heterocycles. The highest BCUT2D eigenvalue weighted by Gasteiger charge is 2.29. The lowest BCUT2D eigenvalue weighted by Gasteiger charge is -2.21. The van der Waals surface area contributed by atoms with Gasteiger partial charge in [0.15, 0.2) is 6.10 Å². The molecule has 0 bridgehead atoms. The van der Waals surface area contributed by atoms with Crippen molar-refractivity contribution in [2.45, 2.75) is 283 Å². The fourth-order valence-corrected chi connectivity index (χ4v) is 9.95. The van der Waals surface area contributed by atoms with Gasteiger partial charge in [-0.2, -0.15) is 0 Å². The van der Waals surface area contributed by atoms with E-state index in [0.717, 1.165) is 128 Å². The number of carbonyl (C=O) groups excluding carboxylic acids is 3. The Hall–Kier alpha value is -3.01. The average Bonchev–Trinajstić information content (AvgIpc) is 3.47. The van der Waals surface area contributed by atoms with E-state index in [2.05, 4.69) is 93.7 Å². The summed E-state index contributed by atoms with van der Waals surface area (Å²) >= 11 is 0. The zero-order valence-corrected chi connectivity index (χ0v) is 53.6. The van der Waals surface area contributed by atoms with Crippen LogP contribution in [0.15, 0.2) is 72.9 Å². The molecule has 0 amide bonds. The van der Waals surface area contributed by atoms with Crippen molar-refractivity contribution < 1.29 is 75.8 Å². The second-order valence-corrected chi connectivity index (χ2v) is 24.5. The lowest BCUT2D eigenvalue weighted by atomic mass is 10.1. The summed E-state index contributed by atoms with van der Waals surface area (Å²) < 4.78 is 60.7. The summed E-state index contributed by atoms with van der Waals surface area (Å²) in [6, 6.07) is 0. The van der Waals surface area contributed by atoms with Crippen LogP contribution in [0.25, 0.3) is 0 Å². The maximum absolute atomic E-state index is 12.9. The van der Waals surface area contributed by atoms with Crippen LogP contribution in [0.1, 0.15) is 265 Å². The fourth-order valence-electron chi connectivity index (χ4n) is 8.36. The van der Waals surface area contributed by atoms with Crippen LogP contribution >= 0.6 is 15.6 Å². The number of aliphatic hydroxyl groups is 2. The molecule has 0 saturated heterocycles. The van der Waals surface area contributed by atoms with Crippen molar-refractivity contribution in [3.05, 3.63) is 72.9 Å². The van der Waals surface area contributed by atoms with Gasteiger partial charge in [0.05, 0.1) is 26.4 Å². The van der Waals surface area contributed by atoms with Crippen LogP contribution in [0.3, 0.4) is 0 Å². The van der Waals surface area contributed by atoms with Crippen LogP contribution in [0.5, 0.6) is 0 Å². The maximum atomic E-state index is 12.9. The molecular formula is C65H116O16P2. The molecule has 5 atom stereocenters. The zero-order valence-electron chi connectivity index (χ0n) is 51.9. The van der Waals surface area contributed by atoms with Crippen LogP contribution < -0.4 is 0 Å². The van der Waals surface area contributed by atoms with Gasteiger partial charge in [-0.15, -0.1) is 0 Å². The van der Waals surface area contributed by atoms with Gasteiger partial charge in [-0.25, -0.2) is 9.13 Å². The average molecular weight is 1220 g/mol. The monoisotopic (exact) mass is 1210 g/mol. The molecule has 16 nitrogen and oxygen atoms in total. The number of esters is 3. The van der Waals surface area contributed by atoms with Gasteiger partial charge in [0.25, 0.3) is 0 Å². The second kappa shape index (κ2) is 59.3. The summed E-state index contributed by atoms with van der Waals surface area (Å²) in [5.74, 6) is -1.61. The normalized spacial score (nSPS) is 14.8. The summed E-state index contributed by atoms with van der Waals surface area (Å²) in [5.41, 5.74) is 0. The quantitative estimate of drug-likeness (QED) is 0.0146. The molecule has 0 aliphatic rings. The van der Waals surface area contributed by atoms with Crippen LogP contribution in [-0.4, -0.2) is 95.9 Å². The number of aliphatic hydroxyl groups excluding tert-OH is 2. The molecule has 0 spiro atoms. The smallest absolute Gasteiger partial charge is 0.463 e. The van der Waals surface area contributed by atoms with Crippen LogP contribution in [0.2, 0.25) is 0 Å². The van der Waals surface area contributed by atoms with Gasteiger partial charge in [-0.1, -0.05) is 203 Å². The molecule has 0 radical (unpaired) electrons. The topological polar surface area (TPSA) is 231 Å². The van der Waals surface area contributed by atoms with Gasteiger partial charge >= 0.3 is 33.6 Å². The second-order valence-electron chi connectivity index (χ2n) is 21.6. The SMILES string of the molecule is CCCCC/C=C\C/C=C\C/C=C\C/C=C\CCCCCCCC(=O)OCC(O)COP(=O)(O)OCC(O)COP(=O)(O)OCC(COC(=O)CCCCCCC/C=C\CCCCCC)OC(=O)CCCCCCC/C=C\CCCCCC. The minimum Gasteiger partial charge on any atom is -0.463 e. The third kappa shape index (κ3) is 60.5. The van der Waals surface area contributed by atoms with E-state index in [1.807, 2.05) is 0 Å². The Labute approximate surface area is 503 Å². The highest BCUT2D eigenvalue weighted by Crippen LogP contribution is 2.45. The molecule has 0 aromatic heterocycles. The predicted octanol–water partition coefficient (Wildman–Crippen LogP) is 17.2.